The molecule has 6 nitrogen and oxygen atoms in total. The van der Waals surface area contributed by atoms with Crippen LogP contribution in [0.5, 0.6) is 0 Å². The average Bonchev–Trinajstić information content (AvgIpc) is 2.85. The second kappa shape index (κ2) is 6.01. The van der Waals surface area contributed by atoms with E-state index in [4.69, 9.17) is 4.52 Å². The fourth-order valence-electron chi connectivity index (χ4n) is 1.59. The minimum atomic E-state index is -0.681. The summed E-state index contributed by atoms with van der Waals surface area (Å²) in [5, 5.41) is 8.83. The Kier molecular flexibility index (Phi) is 4.14. The van der Waals surface area contributed by atoms with E-state index < -0.39 is 6.04 Å². The minimum Gasteiger partial charge on any atom is -0.360 e. The van der Waals surface area contributed by atoms with Crippen LogP contribution in [0.15, 0.2) is 40.9 Å². The number of carbonyl (C=O) groups is 2. The summed E-state index contributed by atoms with van der Waals surface area (Å²) in [6.07, 6.45) is 0. The molecule has 0 spiro atoms. The molecular weight excluding hydrogens is 258 g/mol. The molecule has 6 heteroatoms. The van der Waals surface area contributed by atoms with E-state index in [1.54, 1.807) is 44.2 Å². The van der Waals surface area contributed by atoms with Gasteiger partial charge >= 0.3 is 0 Å². The molecule has 0 radical (unpaired) electrons. The van der Waals surface area contributed by atoms with E-state index in [1.807, 2.05) is 6.07 Å². The fourth-order valence-corrected chi connectivity index (χ4v) is 1.59. The van der Waals surface area contributed by atoms with Gasteiger partial charge in [-0.3, -0.25) is 9.59 Å². The van der Waals surface area contributed by atoms with E-state index in [-0.39, 0.29) is 11.8 Å². The van der Waals surface area contributed by atoms with Gasteiger partial charge in [-0.25, -0.2) is 0 Å². The number of rotatable bonds is 4. The predicted octanol–water partition coefficient (Wildman–Crippen LogP) is 1.74. The van der Waals surface area contributed by atoms with Gasteiger partial charge in [0.05, 0.1) is 0 Å². The van der Waals surface area contributed by atoms with Crippen LogP contribution in [0.2, 0.25) is 0 Å². The molecular formula is C14H15N3O3. The Labute approximate surface area is 116 Å². The van der Waals surface area contributed by atoms with Crippen molar-refractivity contribution in [3.8, 4) is 0 Å². The van der Waals surface area contributed by atoms with Gasteiger partial charge in [-0.1, -0.05) is 23.4 Å². The first-order valence-corrected chi connectivity index (χ1v) is 6.16. The van der Waals surface area contributed by atoms with Crippen molar-refractivity contribution in [3.05, 3.63) is 47.7 Å². The lowest BCUT2D eigenvalue weighted by Gasteiger charge is -2.12. The fraction of sp³-hybridized carbons (Fsp3) is 0.214. The molecule has 0 fully saturated rings. The molecule has 0 saturated heterocycles. The molecule has 0 aliphatic carbocycles. The van der Waals surface area contributed by atoms with Crippen LogP contribution in [0.25, 0.3) is 0 Å². The van der Waals surface area contributed by atoms with E-state index in [0.29, 0.717) is 17.1 Å². The summed E-state index contributed by atoms with van der Waals surface area (Å²) in [7, 11) is 0. The van der Waals surface area contributed by atoms with Crippen molar-refractivity contribution in [1.29, 1.82) is 0 Å². The van der Waals surface area contributed by atoms with Gasteiger partial charge in [-0.05, 0) is 26.0 Å². The van der Waals surface area contributed by atoms with E-state index in [9.17, 15) is 9.59 Å². The van der Waals surface area contributed by atoms with Gasteiger partial charge in [-0.2, -0.15) is 0 Å². The maximum absolute atomic E-state index is 11.9. The summed E-state index contributed by atoms with van der Waals surface area (Å²) in [5.74, 6) is 0.266. The lowest BCUT2D eigenvalue weighted by molar-refractivity contribution is -0.117. The second-order valence-electron chi connectivity index (χ2n) is 4.37. The molecule has 0 aliphatic rings. The monoisotopic (exact) mass is 273 g/mol. The van der Waals surface area contributed by atoms with Crippen molar-refractivity contribution in [2.75, 3.05) is 5.32 Å². The highest BCUT2D eigenvalue weighted by Gasteiger charge is 2.17. The summed E-state index contributed by atoms with van der Waals surface area (Å²) >= 11 is 0. The molecule has 2 N–H and O–H groups in total. The SMILES string of the molecule is Cc1cc(NC(=O)[C@@H](C)NC(=O)c2ccccc2)no1. The van der Waals surface area contributed by atoms with Crippen LogP contribution < -0.4 is 10.6 Å². The second-order valence-corrected chi connectivity index (χ2v) is 4.37. The number of benzene rings is 1. The molecule has 0 bridgehead atoms. The van der Waals surface area contributed by atoms with Crippen molar-refractivity contribution in [1.82, 2.24) is 10.5 Å². The maximum atomic E-state index is 11.9. The summed E-state index contributed by atoms with van der Waals surface area (Å²) in [5.41, 5.74) is 0.504. The topological polar surface area (TPSA) is 84.2 Å². The van der Waals surface area contributed by atoms with E-state index in [1.165, 1.54) is 0 Å². The van der Waals surface area contributed by atoms with Gasteiger partial charge in [0.2, 0.25) is 5.91 Å². The van der Waals surface area contributed by atoms with Crippen LogP contribution in [0.1, 0.15) is 23.0 Å². The normalized spacial score (nSPS) is 11.7. The van der Waals surface area contributed by atoms with E-state index >= 15 is 0 Å². The molecule has 20 heavy (non-hydrogen) atoms. The van der Waals surface area contributed by atoms with Gasteiger partial charge in [0.15, 0.2) is 5.82 Å². The van der Waals surface area contributed by atoms with Crippen molar-refractivity contribution in [2.24, 2.45) is 0 Å². The smallest absolute Gasteiger partial charge is 0.251 e. The maximum Gasteiger partial charge on any atom is 0.251 e. The Balaban J connectivity index is 1.92. The highest BCUT2D eigenvalue weighted by atomic mass is 16.5. The summed E-state index contributed by atoms with van der Waals surface area (Å²) < 4.78 is 4.84. The number of carbonyl (C=O) groups excluding carboxylic acids is 2. The summed E-state index contributed by atoms with van der Waals surface area (Å²) in [6, 6.07) is 9.63. The minimum absolute atomic E-state index is 0.301. The Morgan fingerprint density at radius 1 is 1.25 bits per heavy atom. The first-order valence-electron chi connectivity index (χ1n) is 6.16. The third-order valence-electron chi connectivity index (χ3n) is 2.66. The number of nitrogens with one attached hydrogen (secondary N) is 2. The zero-order valence-corrected chi connectivity index (χ0v) is 11.2. The standard InChI is InChI=1S/C14H15N3O3/c1-9-8-12(17-20-9)16-13(18)10(2)15-14(19)11-6-4-3-5-7-11/h3-8,10H,1-2H3,(H,15,19)(H,16,17,18)/t10-/m1/s1. The van der Waals surface area contributed by atoms with Crippen LogP contribution in [0, 0.1) is 6.92 Å². The van der Waals surface area contributed by atoms with E-state index in [2.05, 4.69) is 15.8 Å². The van der Waals surface area contributed by atoms with Crippen molar-refractivity contribution in [3.63, 3.8) is 0 Å². The number of aromatic nitrogens is 1. The average molecular weight is 273 g/mol. The first-order chi connectivity index (χ1) is 9.56. The van der Waals surface area contributed by atoms with Gasteiger partial charge in [0.25, 0.3) is 5.91 Å². The molecule has 104 valence electrons. The number of hydrogen-bond acceptors (Lipinski definition) is 4. The Hall–Kier alpha value is -2.63. The Morgan fingerprint density at radius 2 is 1.95 bits per heavy atom. The molecule has 0 unspecified atom stereocenters. The lowest BCUT2D eigenvalue weighted by atomic mass is 10.2. The molecule has 0 saturated carbocycles. The van der Waals surface area contributed by atoms with Crippen LogP contribution in [0.3, 0.4) is 0 Å². The van der Waals surface area contributed by atoms with Crippen LogP contribution in [0.4, 0.5) is 5.82 Å². The predicted molar refractivity (Wildman–Crippen MR) is 73.2 cm³/mol. The van der Waals surface area contributed by atoms with Crippen molar-refractivity contribution >= 4 is 17.6 Å². The molecule has 1 heterocycles. The number of anilines is 1. The van der Waals surface area contributed by atoms with Gasteiger partial charge in [0, 0.05) is 11.6 Å². The van der Waals surface area contributed by atoms with Crippen LogP contribution in [-0.2, 0) is 4.79 Å². The van der Waals surface area contributed by atoms with Crippen molar-refractivity contribution in [2.45, 2.75) is 19.9 Å². The number of hydrogen-bond donors (Lipinski definition) is 2. The summed E-state index contributed by atoms with van der Waals surface area (Å²) in [4.78, 5) is 23.8. The zero-order chi connectivity index (χ0) is 14.5. The molecule has 1 aromatic heterocycles. The number of aryl methyl sites for hydroxylation is 1. The quantitative estimate of drug-likeness (QED) is 0.888. The molecule has 2 rings (SSSR count). The molecule has 2 aromatic rings. The Morgan fingerprint density at radius 3 is 2.55 bits per heavy atom. The molecule has 0 aliphatic heterocycles. The zero-order valence-electron chi connectivity index (χ0n) is 11.2. The first kappa shape index (κ1) is 13.8. The van der Waals surface area contributed by atoms with Gasteiger partial charge in [0.1, 0.15) is 11.8 Å². The molecule has 2 amide bonds. The third-order valence-corrected chi connectivity index (χ3v) is 2.66. The van der Waals surface area contributed by atoms with E-state index in [0.717, 1.165) is 0 Å². The van der Waals surface area contributed by atoms with Gasteiger partial charge < -0.3 is 15.2 Å². The number of nitrogens with zero attached hydrogens (tertiary/aromatic N) is 1. The lowest BCUT2D eigenvalue weighted by Crippen LogP contribution is -2.41. The van der Waals surface area contributed by atoms with Crippen LogP contribution in [-0.4, -0.2) is 23.0 Å². The molecule has 1 atom stereocenters. The summed E-state index contributed by atoms with van der Waals surface area (Å²) in [6.45, 7) is 3.33. The molecule has 1 aromatic carbocycles. The largest absolute Gasteiger partial charge is 0.360 e. The van der Waals surface area contributed by atoms with Gasteiger partial charge in [-0.15, -0.1) is 0 Å². The Bertz CT molecular complexity index is 607. The highest BCUT2D eigenvalue weighted by Crippen LogP contribution is 2.07. The highest BCUT2D eigenvalue weighted by molar-refractivity contribution is 6.00. The van der Waals surface area contributed by atoms with Crippen LogP contribution >= 0.6 is 0 Å². The third kappa shape index (κ3) is 3.44. The van der Waals surface area contributed by atoms with Crippen molar-refractivity contribution < 1.29 is 14.1 Å². The number of amides is 2.